The molecule has 1 amide bonds. The van der Waals surface area contributed by atoms with Crippen molar-refractivity contribution < 1.29 is 4.79 Å². The zero-order chi connectivity index (χ0) is 15.7. The topological polar surface area (TPSA) is 72.9 Å². The fourth-order valence-electron chi connectivity index (χ4n) is 4.15. The summed E-state index contributed by atoms with van der Waals surface area (Å²) in [6, 6.07) is 0.312. The fraction of sp³-hybridized carbons (Fsp3) is 0.765. The van der Waals surface area contributed by atoms with Crippen LogP contribution in [0.25, 0.3) is 0 Å². The van der Waals surface area contributed by atoms with Gasteiger partial charge in [0.1, 0.15) is 0 Å². The second-order valence-electron chi connectivity index (χ2n) is 7.53. The number of anilines is 1. The standard InChI is InChI=1S/C17H28N4O.ClH/c1-11(2)9-21-10-15(8-19-21)20-17(22)14-6-12-4-3-5-13(7-14)16(12)18;/h8,10-14,16H,3-7,9,18H2,1-2H3,(H,20,22);1H. The Morgan fingerprint density at radius 2 is 2.04 bits per heavy atom. The molecule has 5 nitrogen and oxygen atoms in total. The Hall–Kier alpha value is -1.07. The fourth-order valence-corrected chi connectivity index (χ4v) is 4.15. The summed E-state index contributed by atoms with van der Waals surface area (Å²) >= 11 is 0. The number of carbonyl (C=O) groups is 1. The summed E-state index contributed by atoms with van der Waals surface area (Å²) in [7, 11) is 0. The molecule has 3 N–H and O–H groups in total. The van der Waals surface area contributed by atoms with Crippen molar-refractivity contribution in [2.24, 2.45) is 29.4 Å². The maximum Gasteiger partial charge on any atom is 0.227 e. The lowest BCUT2D eigenvalue weighted by molar-refractivity contribution is -0.122. The molecule has 0 spiro atoms. The monoisotopic (exact) mass is 340 g/mol. The van der Waals surface area contributed by atoms with Crippen molar-refractivity contribution >= 4 is 24.0 Å². The van der Waals surface area contributed by atoms with E-state index in [1.807, 2.05) is 10.9 Å². The van der Waals surface area contributed by atoms with Crippen LogP contribution in [0.1, 0.15) is 46.0 Å². The van der Waals surface area contributed by atoms with E-state index >= 15 is 0 Å². The first-order valence-electron chi connectivity index (χ1n) is 8.62. The highest BCUT2D eigenvalue weighted by atomic mass is 35.5. The first kappa shape index (κ1) is 18.3. The summed E-state index contributed by atoms with van der Waals surface area (Å²) in [6.45, 7) is 5.19. The van der Waals surface area contributed by atoms with E-state index in [4.69, 9.17) is 5.73 Å². The van der Waals surface area contributed by atoms with Gasteiger partial charge < -0.3 is 11.1 Å². The number of nitrogens with two attached hydrogens (primary N) is 1. The Labute approximate surface area is 144 Å². The molecule has 130 valence electrons. The van der Waals surface area contributed by atoms with Gasteiger partial charge >= 0.3 is 0 Å². The molecule has 0 saturated heterocycles. The predicted molar refractivity (Wildman–Crippen MR) is 94.5 cm³/mol. The number of nitrogens with zero attached hydrogens (tertiary/aromatic N) is 2. The SMILES string of the molecule is CC(C)Cn1cc(NC(=O)C2CC3CCCC(C2)C3N)cn1.Cl. The second kappa shape index (κ2) is 7.67. The molecule has 23 heavy (non-hydrogen) atoms. The molecule has 2 saturated carbocycles. The van der Waals surface area contributed by atoms with Gasteiger partial charge in [-0.05, 0) is 43.4 Å². The Kier molecular flexibility index (Phi) is 6.09. The lowest BCUT2D eigenvalue weighted by Crippen LogP contribution is -2.48. The lowest BCUT2D eigenvalue weighted by Gasteiger charge is -2.43. The highest BCUT2D eigenvalue weighted by Gasteiger charge is 2.40. The van der Waals surface area contributed by atoms with E-state index in [0.717, 1.165) is 25.1 Å². The summed E-state index contributed by atoms with van der Waals surface area (Å²) in [5.41, 5.74) is 7.11. The maximum absolute atomic E-state index is 12.5. The smallest absolute Gasteiger partial charge is 0.227 e. The highest BCUT2D eigenvalue weighted by molar-refractivity contribution is 5.92. The zero-order valence-electron chi connectivity index (χ0n) is 14.1. The van der Waals surface area contributed by atoms with Crippen molar-refractivity contribution in [3.8, 4) is 0 Å². The minimum atomic E-state index is 0. The predicted octanol–water partition coefficient (Wildman–Crippen LogP) is 3.05. The zero-order valence-corrected chi connectivity index (χ0v) is 14.9. The van der Waals surface area contributed by atoms with E-state index in [2.05, 4.69) is 24.3 Å². The van der Waals surface area contributed by atoms with Crippen molar-refractivity contribution in [2.75, 3.05) is 5.32 Å². The number of hydrogen-bond donors (Lipinski definition) is 2. The van der Waals surface area contributed by atoms with Gasteiger partial charge in [0.05, 0.1) is 11.9 Å². The summed E-state index contributed by atoms with van der Waals surface area (Å²) in [5, 5.41) is 7.35. The van der Waals surface area contributed by atoms with Crippen LogP contribution in [0.4, 0.5) is 5.69 Å². The molecule has 1 aromatic rings. The summed E-state index contributed by atoms with van der Waals surface area (Å²) in [4.78, 5) is 12.5. The van der Waals surface area contributed by atoms with E-state index in [1.165, 1.54) is 19.3 Å². The van der Waals surface area contributed by atoms with Gasteiger partial charge in [-0.3, -0.25) is 9.48 Å². The van der Waals surface area contributed by atoms with Gasteiger partial charge in [0.2, 0.25) is 5.91 Å². The van der Waals surface area contributed by atoms with Crippen molar-refractivity contribution in [2.45, 2.75) is 58.5 Å². The largest absolute Gasteiger partial charge is 0.327 e. The summed E-state index contributed by atoms with van der Waals surface area (Å²) in [6.07, 6.45) is 9.22. The third-order valence-corrected chi connectivity index (χ3v) is 5.24. The Morgan fingerprint density at radius 3 is 2.65 bits per heavy atom. The minimum Gasteiger partial charge on any atom is -0.327 e. The van der Waals surface area contributed by atoms with Crippen LogP contribution in [0.2, 0.25) is 0 Å². The average Bonchev–Trinajstić information content (AvgIpc) is 2.84. The van der Waals surface area contributed by atoms with Gasteiger partial charge in [0.25, 0.3) is 0 Å². The molecule has 0 aliphatic heterocycles. The third-order valence-electron chi connectivity index (χ3n) is 5.24. The van der Waals surface area contributed by atoms with Crippen molar-refractivity contribution in [3.63, 3.8) is 0 Å². The molecule has 1 aromatic heterocycles. The van der Waals surface area contributed by atoms with E-state index in [-0.39, 0.29) is 24.2 Å². The second-order valence-corrected chi connectivity index (χ2v) is 7.53. The maximum atomic E-state index is 12.5. The molecule has 1 heterocycles. The summed E-state index contributed by atoms with van der Waals surface area (Å²) in [5.74, 6) is 1.87. The van der Waals surface area contributed by atoms with Crippen LogP contribution in [0.15, 0.2) is 12.4 Å². The number of amides is 1. The average molecular weight is 341 g/mol. The number of halogens is 1. The van der Waals surface area contributed by atoms with Gasteiger partial charge in [-0.25, -0.2) is 0 Å². The lowest BCUT2D eigenvalue weighted by atomic mass is 9.65. The Bertz CT molecular complexity index is 516. The molecule has 2 aliphatic carbocycles. The molecule has 2 atom stereocenters. The molecule has 2 fully saturated rings. The van der Waals surface area contributed by atoms with E-state index in [9.17, 15) is 4.79 Å². The first-order chi connectivity index (χ1) is 10.5. The molecule has 0 aromatic carbocycles. The Balaban J connectivity index is 0.00000192. The molecule has 3 rings (SSSR count). The van der Waals surface area contributed by atoms with Crippen LogP contribution < -0.4 is 11.1 Å². The van der Waals surface area contributed by atoms with E-state index < -0.39 is 0 Å². The number of hydrogen-bond acceptors (Lipinski definition) is 3. The van der Waals surface area contributed by atoms with Crippen LogP contribution in [-0.2, 0) is 11.3 Å². The van der Waals surface area contributed by atoms with Crippen molar-refractivity contribution in [3.05, 3.63) is 12.4 Å². The number of aromatic nitrogens is 2. The van der Waals surface area contributed by atoms with Gasteiger partial charge in [-0.2, -0.15) is 5.10 Å². The van der Waals surface area contributed by atoms with Crippen LogP contribution in [0.5, 0.6) is 0 Å². The van der Waals surface area contributed by atoms with Gasteiger partial charge in [0, 0.05) is 24.7 Å². The third kappa shape index (κ3) is 4.27. The van der Waals surface area contributed by atoms with Crippen molar-refractivity contribution in [1.82, 2.24) is 9.78 Å². The normalized spacial score (nSPS) is 29.9. The molecule has 0 radical (unpaired) electrons. The molecule has 6 heteroatoms. The summed E-state index contributed by atoms with van der Waals surface area (Å²) < 4.78 is 1.89. The van der Waals surface area contributed by atoms with Crippen LogP contribution >= 0.6 is 12.4 Å². The van der Waals surface area contributed by atoms with Gasteiger partial charge in [-0.1, -0.05) is 20.3 Å². The van der Waals surface area contributed by atoms with Crippen LogP contribution in [0, 0.1) is 23.7 Å². The first-order valence-corrected chi connectivity index (χ1v) is 8.62. The number of fused-ring (bicyclic) bond motifs is 2. The molecular weight excluding hydrogens is 312 g/mol. The minimum absolute atomic E-state index is 0. The Morgan fingerprint density at radius 1 is 1.39 bits per heavy atom. The van der Waals surface area contributed by atoms with Crippen LogP contribution in [-0.4, -0.2) is 21.7 Å². The number of carbonyl (C=O) groups excluding carboxylic acids is 1. The number of rotatable bonds is 4. The van der Waals surface area contributed by atoms with Gasteiger partial charge in [-0.15, -0.1) is 12.4 Å². The van der Waals surface area contributed by atoms with E-state index in [1.54, 1.807) is 6.20 Å². The van der Waals surface area contributed by atoms with Crippen LogP contribution in [0.3, 0.4) is 0 Å². The number of nitrogens with one attached hydrogen (secondary N) is 1. The highest BCUT2D eigenvalue weighted by Crippen LogP contribution is 2.42. The quantitative estimate of drug-likeness (QED) is 0.884. The molecule has 2 aliphatic rings. The molecule has 2 bridgehead atoms. The van der Waals surface area contributed by atoms with Crippen molar-refractivity contribution in [1.29, 1.82) is 0 Å². The molecule has 2 unspecified atom stereocenters. The molecular formula is C17H29ClN4O. The van der Waals surface area contributed by atoms with Gasteiger partial charge in [0.15, 0.2) is 0 Å². The van der Waals surface area contributed by atoms with E-state index in [0.29, 0.717) is 23.8 Å².